The predicted molar refractivity (Wildman–Crippen MR) is 98.5 cm³/mol. The van der Waals surface area contributed by atoms with Crippen LogP contribution in [0.2, 0.25) is 0 Å². The second kappa shape index (κ2) is 7.80. The average Bonchev–Trinajstić information content (AvgIpc) is 2.62. The van der Waals surface area contributed by atoms with E-state index in [1.165, 1.54) is 6.20 Å². The molecule has 0 aliphatic carbocycles. The van der Waals surface area contributed by atoms with E-state index in [2.05, 4.69) is 15.3 Å². The first kappa shape index (κ1) is 18.3. The van der Waals surface area contributed by atoms with Crippen molar-refractivity contribution in [3.63, 3.8) is 0 Å². The molecule has 3 rings (SSSR count). The molecule has 138 valence electrons. The van der Waals surface area contributed by atoms with Crippen LogP contribution >= 0.6 is 0 Å². The van der Waals surface area contributed by atoms with Crippen LogP contribution in [-0.4, -0.2) is 33.2 Å². The molecular formula is C19H24N4O3. The summed E-state index contributed by atoms with van der Waals surface area (Å²) in [6, 6.07) is 5.09. The van der Waals surface area contributed by atoms with E-state index in [1.807, 2.05) is 13.8 Å². The maximum atomic E-state index is 12.5. The van der Waals surface area contributed by atoms with Gasteiger partial charge in [0.25, 0.3) is 5.91 Å². The zero-order valence-electron chi connectivity index (χ0n) is 14.9. The van der Waals surface area contributed by atoms with Crippen molar-refractivity contribution >= 4 is 17.3 Å². The number of ether oxygens (including phenoxy) is 1. The Morgan fingerprint density at radius 2 is 2.23 bits per heavy atom. The normalized spacial score (nSPS) is 25.7. The number of hydrogen-bond acceptors (Lipinski definition) is 6. The lowest BCUT2D eigenvalue weighted by Crippen LogP contribution is -2.39. The Bertz CT molecular complexity index is 771. The van der Waals surface area contributed by atoms with Gasteiger partial charge >= 0.3 is 0 Å². The maximum Gasteiger partial charge on any atom is 0.276 e. The Labute approximate surface area is 152 Å². The van der Waals surface area contributed by atoms with E-state index in [4.69, 9.17) is 10.5 Å². The first-order valence-electron chi connectivity index (χ1n) is 8.80. The molecule has 26 heavy (non-hydrogen) atoms. The molecule has 4 N–H and O–H groups in total. The fraction of sp³-hybridized carbons (Fsp3) is 0.421. The van der Waals surface area contributed by atoms with Crippen LogP contribution in [0, 0.1) is 5.92 Å². The molecule has 1 saturated heterocycles. The number of nitrogens with zero attached hydrogens (tertiary/aromatic N) is 2. The number of hydrogen-bond donors (Lipinski definition) is 3. The Balaban J connectivity index is 1.83. The summed E-state index contributed by atoms with van der Waals surface area (Å²) in [5.41, 5.74) is 7.60. The van der Waals surface area contributed by atoms with Crippen LogP contribution in [0.1, 0.15) is 48.8 Å². The van der Waals surface area contributed by atoms with Gasteiger partial charge in [-0.25, -0.2) is 4.98 Å². The number of pyridine rings is 2. The van der Waals surface area contributed by atoms with Gasteiger partial charge in [0.1, 0.15) is 0 Å². The minimum atomic E-state index is -0.447. The highest BCUT2D eigenvalue weighted by Crippen LogP contribution is 2.38. The molecule has 2 aromatic rings. The average molecular weight is 356 g/mol. The third-order valence-corrected chi connectivity index (χ3v) is 4.91. The van der Waals surface area contributed by atoms with Gasteiger partial charge in [0.2, 0.25) is 0 Å². The molecule has 0 bridgehead atoms. The molecule has 2 aromatic heterocycles. The van der Waals surface area contributed by atoms with E-state index in [0.29, 0.717) is 17.8 Å². The maximum absolute atomic E-state index is 12.5. The van der Waals surface area contributed by atoms with Gasteiger partial charge in [-0.05, 0) is 31.5 Å². The van der Waals surface area contributed by atoms with Crippen molar-refractivity contribution < 1.29 is 14.6 Å². The Kier molecular flexibility index (Phi) is 5.49. The van der Waals surface area contributed by atoms with E-state index in [1.54, 1.807) is 30.6 Å². The highest BCUT2D eigenvalue weighted by Gasteiger charge is 2.35. The fourth-order valence-corrected chi connectivity index (χ4v) is 3.51. The molecule has 0 radical (unpaired) electrons. The number of aromatic nitrogens is 2. The van der Waals surface area contributed by atoms with Gasteiger partial charge < -0.3 is 20.9 Å². The van der Waals surface area contributed by atoms with E-state index < -0.39 is 12.0 Å². The topological polar surface area (TPSA) is 110 Å². The van der Waals surface area contributed by atoms with Crippen molar-refractivity contribution in [1.29, 1.82) is 0 Å². The minimum absolute atomic E-state index is 0.0723. The smallest absolute Gasteiger partial charge is 0.276 e. The molecule has 0 saturated carbocycles. The summed E-state index contributed by atoms with van der Waals surface area (Å²) in [6.07, 6.45) is 5.22. The molecule has 1 aliphatic heterocycles. The monoisotopic (exact) mass is 356 g/mol. The number of nitrogen functional groups attached to an aromatic ring is 1. The molecule has 1 fully saturated rings. The molecule has 4 unspecified atom stereocenters. The van der Waals surface area contributed by atoms with Crippen molar-refractivity contribution in [3.05, 3.63) is 48.0 Å². The summed E-state index contributed by atoms with van der Waals surface area (Å²) in [4.78, 5) is 20.7. The van der Waals surface area contributed by atoms with Crippen LogP contribution in [0.4, 0.5) is 11.4 Å². The molecule has 3 heterocycles. The van der Waals surface area contributed by atoms with Crippen LogP contribution in [0.15, 0.2) is 36.8 Å². The van der Waals surface area contributed by atoms with Gasteiger partial charge in [0.05, 0.1) is 35.9 Å². The minimum Gasteiger partial charge on any atom is -0.397 e. The Hall–Kier alpha value is -2.51. The van der Waals surface area contributed by atoms with E-state index in [0.717, 1.165) is 12.0 Å². The Morgan fingerprint density at radius 3 is 2.92 bits per heavy atom. The van der Waals surface area contributed by atoms with E-state index in [9.17, 15) is 9.90 Å². The number of aliphatic hydroxyl groups is 1. The van der Waals surface area contributed by atoms with Crippen molar-refractivity contribution in [2.75, 3.05) is 11.1 Å². The molecule has 1 amide bonds. The highest BCUT2D eigenvalue weighted by molar-refractivity contribution is 6.06. The Morgan fingerprint density at radius 1 is 1.42 bits per heavy atom. The third kappa shape index (κ3) is 3.68. The lowest BCUT2D eigenvalue weighted by Gasteiger charge is -2.38. The summed E-state index contributed by atoms with van der Waals surface area (Å²) in [7, 11) is 0. The quantitative estimate of drug-likeness (QED) is 0.776. The number of amides is 1. The van der Waals surface area contributed by atoms with Crippen LogP contribution in [0.25, 0.3) is 0 Å². The molecule has 7 heteroatoms. The number of nitrogens with one attached hydrogen (secondary N) is 1. The van der Waals surface area contributed by atoms with E-state index >= 15 is 0 Å². The molecule has 0 spiro atoms. The lowest BCUT2D eigenvalue weighted by atomic mass is 9.85. The van der Waals surface area contributed by atoms with Crippen molar-refractivity contribution in [2.45, 2.75) is 45.0 Å². The van der Waals surface area contributed by atoms with Gasteiger partial charge in [-0.1, -0.05) is 6.92 Å². The van der Waals surface area contributed by atoms with Crippen molar-refractivity contribution in [1.82, 2.24) is 9.97 Å². The van der Waals surface area contributed by atoms with Crippen LogP contribution in [0.3, 0.4) is 0 Å². The molecule has 4 atom stereocenters. The summed E-state index contributed by atoms with van der Waals surface area (Å²) in [5.74, 6) is -0.298. The molecular weight excluding hydrogens is 332 g/mol. The first-order valence-corrected chi connectivity index (χ1v) is 8.80. The van der Waals surface area contributed by atoms with Gasteiger partial charge in [0.15, 0.2) is 5.69 Å². The van der Waals surface area contributed by atoms with Gasteiger partial charge in [-0.15, -0.1) is 0 Å². The lowest BCUT2D eigenvalue weighted by molar-refractivity contribution is -0.131. The third-order valence-electron chi connectivity index (χ3n) is 4.91. The van der Waals surface area contributed by atoms with Gasteiger partial charge in [0, 0.05) is 30.3 Å². The van der Waals surface area contributed by atoms with Gasteiger partial charge in [-0.2, -0.15) is 0 Å². The number of anilines is 2. The SMILES string of the molecule is CCC1C(O)CC(c2ccncc2NC(=O)c2ncccc2N)OC1C. The highest BCUT2D eigenvalue weighted by atomic mass is 16.5. The summed E-state index contributed by atoms with van der Waals surface area (Å²) in [6.45, 7) is 4.01. The van der Waals surface area contributed by atoms with Crippen LogP contribution in [-0.2, 0) is 4.74 Å². The van der Waals surface area contributed by atoms with Crippen molar-refractivity contribution in [2.24, 2.45) is 5.92 Å². The predicted octanol–water partition coefficient (Wildman–Crippen LogP) is 2.55. The van der Waals surface area contributed by atoms with Gasteiger partial charge in [-0.3, -0.25) is 9.78 Å². The number of nitrogens with two attached hydrogens (primary N) is 1. The molecule has 7 nitrogen and oxygen atoms in total. The van der Waals surface area contributed by atoms with Crippen LogP contribution in [0.5, 0.6) is 0 Å². The number of carbonyl (C=O) groups excluding carboxylic acids is 1. The molecule has 1 aliphatic rings. The summed E-state index contributed by atoms with van der Waals surface area (Å²) >= 11 is 0. The largest absolute Gasteiger partial charge is 0.397 e. The second-order valence-electron chi connectivity index (χ2n) is 6.56. The standard InChI is InChI=1S/C19H24N4O3/c1-3-12-11(2)26-17(9-16(12)24)13-6-8-21-10-15(13)23-19(25)18-14(20)5-4-7-22-18/h4-8,10-12,16-17,24H,3,9,20H2,1-2H3,(H,23,25). The zero-order chi connectivity index (χ0) is 18.7. The number of aliphatic hydroxyl groups excluding tert-OH is 1. The fourth-order valence-electron chi connectivity index (χ4n) is 3.51. The first-order chi connectivity index (χ1) is 12.5. The zero-order valence-corrected chi connectivity index (χ0v) is 14.9. The number of rotatable bonds is 4. The number of carbonyl (C=O) groups is 1. The second-order valence-corrected chi connectivity index (χ2v) is 6.56. The molecule has 0 aromatic carbocycles. The van der Waals surface area contributed by atoms with E-state index in [-0.39, 0.29) is 23.8 Å². The summed E-state index contributed by atoms with van der Waals surface area (Å²) < 4.78 is 6.12. The van der Waals surface area contributed by atoms with Crippen LogP contribution < -0.4 is 11.1 Å². The van der Waals surface area contributed by atoms with Crippen molar-refractivity contribution in [3.8, 4) is 0 Å². The summed E-state index contributed by atoms with van der Waals surface area (Å²) in [5, 5.41) is 13.3.